The van der Waals surface area contributed by atoms with Gasteiger partial charge in [-0.1, -0.05) is 36.4 Å². The molecule has 2 aliphatic heterocycles. The molecule has 30 heavy (non-hydrogen) atoms. The van der Waals surface area contributed by atoms with E-state index >= 15 is 0 Å². The summed E-state index contributed by atoms with van der Waals surface area (Å²) in [5.74, 6) is 0.868. The van der Waals surface area contributed by atoms with E-state index in [1.54, 1.807) is 11.8 Å². The number of aromatic nitrogens is 2. The Hall–Kier alpha value is -2.67. The van der Waals surface area contributed by atoms with Gasteiger partial charge in [-0.25, -0.2) is 0 Å². The van der Waals surface area contributed by atoms with Crippen LogP contribution in [0, 0.1) is 0 Å². The zero-order valence-corrected chi connectivity index (χ0v) is 18.7. The minimum atomic E-state index is -0.203. The number of H-pyrrole nitrogens is 1. The molecule has 7 heteroatoms. The Morgan fingerprint density at radius 3 is 2.90 bits per heavy atom. The van der Waals surface area contributed by atoms with Crippen LogP contribution in [0.4, 0.5) is 5.69 Å². The molecule has 2 N–H and O–H groups in total. The fourth-order valence-corrected chi connectivity index (χ4v) is 5.15. The van der Waals surface area contributed by atoms with E-state index < -0.39 is 0 Å². The van der Waals surface area contributed by atoms with Crippen LogP contribution in [0.3, 0.4) is 0 Å². The fraction of sp³-hybridized carbons (Fsp3) is 0.391. The smallest absolute Gasteiger partial charge is 0.258 e. The minimum Gasteiger partial charge on any atom is -0.490 e. The van der Waals surface area contributed by atoms with E-state index in [1.807, 2.05) is 24.5 Å². The lowest BCUT2D eigenvalue weighted by molar-refractivity contribution is -0.118. The third-order valence-corrected chi connectivity index (χ3v) is 6.59. The number of nitrogens with zero attached hydrogens (tertiary/aromatic N) is 2. The summed E-state index contributed by atoms with van der Waals surface area (Å²) in [7, 11) is 0. The van der Waals surface area contributed by atoms with Crippen LogP contribution in [0.1, 0.15) is 40.5 Å². The van der Waals surface area contributed by atoms with Crippen molar-refractivity contribution in [2.24, 2.45) is 0 Å². The molecule has 0 radical (unpaired) electrons. The Morgan fingerprint density at radius 2 is 2.20 bits per heavy atom. The average molecular weight is 425 g/mol. The molecule has 1 aromatic carbocycles. The molecule has 1 aromatic heterocycles. The van der Waals surface area contributed by atoms with Crippen molar-refractivity contribution >= 4 is 23.4 Å². The largest absolute Gasteiger partial charge is 0.490 e. The summed E-state index contributed by atoms with van der Waals surface area (Å²) >= 11 is 1.56. The number of aromatic amines is 1. The molecule has 4 rings (SSSR count). The number of anilines is 1. The van der Waals surface area contributed by atoms with Gasteiger partial charge < -0.3 is 15.0 Å². The number of allylic oxidation sites excluding steroid dienone is 1. The molecule has 0 saturated carbocycles. The van der Waals surface area contributed by atoms with E-state index in [9.17, 15) is 4.79 Å². The van der Waals surface area contributed by atoms with Gasteiger partial charge in [-0.05, 0) is 51.3 Å². The summed E-state index contributed by atoms with van der Waals surface area (Å²) in [6.45, 7) is 9.66. The number of rotatable bonds is 5. The molecular formula is C23H28N4O2S. The van der Waals surface area contributed by atoms with E-state index in [4.69, 9.17) is 4.74 Å². The summed E-state index contributed by atoms with van der Waals surface area (Å²) in [6, 6.07) is 6.19. The van der Waals surface area contributed by atoms with Gasteiger partial charge in [0.2, 0.25) is 0 Å². The summed E-state index contributed by atoms with van der Waals surface area (Å²) in [4.78, 5) is 15.9. The first-order chi connectivity index (χ1) is 14.4. The fourth-order valence-electron chi connectivity index (χ4n) is 4.00. The molecule has 0 aliphatic carbocycles. The second kappa shape index (κ2) is 8.22. The van der Waals surface area contributed by atoms with Crippen LogP contribution in [-0.2, 0) is 4.79 Å². The molecular weight excluding hydrogens is 396 g/mol. The highest BCUT2D eigenvalue weighted by Crippen LogP contribution is 2.43. The van der Waals surface area contributed by atoms with Crippen molar-refractivity contribution in [1.29, 1.82) is 0 Å². The van der Waals surface area contributed by atoms with Crippen LogP contribution >= 0.6 is 11.8 Å². The monoisotopic (exact) mass is 424 g/mol. The van der Waals surface area contributed by atoms with Crippen molar-refractivity contribution in [2.45, 2.75) is 46.1 Å². The SMILES string of the molecule is CC/C=C(/SC1=C(C)CC(C)(C)NC1=O)N1CCOc2ccc(-c3cn[nH]c3)cc21. The van der Waals surface area contributed by atoms with Crippen molar-refractivity contribution in [3.8, 4) is 16.9 Å². The van der Waals surface area contributed by atoms with Crippen molar-refractivity contribution in [3.05, 3.63) is 52.2 Å². The molecule has 0 fully saturated rings. The Morgan fingerprint density at radius 1 is 1.37 bits per heavy atom. The second-order valence-electron chi connectivity index (χ2n) is 8.35. The normalized spacial score (nSPS) is 18.7. The van der Waals surface area contributed by atoms with Crippen molar-refractivity contribution in [2.75, 3.05) is 18.1 Å². The quantitative estimate of drug-likeness (QED) is 0.719. The third kappa shape index (κ3) is 4.12. The maximum absolute atomic E-state index is 12.8. The molecule has 158 valence electrons. The predicted octanol–water partition coefficient (Wildman–Crippen LogP) is 4.83. The minimum absolute atomic E-state index is 0.0105. The number of fused-ring (bicyclic) bond motifs is 1. The number of carbonyl (C=O) groups is 1. The molecule has 3 heterocycles. The third-order valence-electron chi connectivity index (χ3n) is 5.26. The van der Waals surface area contributed by atoms with Crippen molar-refractivity contribution in [3.63, 3.8) is 0 Å². The van der Waals surface area contributed by atoms with Gasteiger partial charge in [0.05, 0.1) is 28.4 Å². The van der Waals surface area contributed by atoms with Gasteiger partial charge in [-0.15, -0.1) is 0 Å². The first kappa shape index (κ1) is 20.6. The predicted molar refractivity (Wildman–Crippen MR) is 122 cm³/mol. The molecule has 0 saturated heterocycles. The van der Waals surface area contributed by atoms with Gasteiger partial charge >= 0.3 is 0 Å². The summed E-state index contributed by atoms with van der Waals surface area (Å²) in [6.07, 6.45) is 7.63. The molecule has 0 spiro atoms. The van der Waals surface area contributed by atoms with Gasteiger partial charge in [0, 0.05) is 17.3 Å². The number of thioether (sulfide) groups is 1. The number of hydrogen-bond donors (Lipinski definition) is 2. The summed E-state index contributed by atoms with van der Waals surface area (Å²) in [5, 5.41) is 11.1. The number of benzene rings is 1. The molecule has 1 amide bonds. The van der Waals surface area contributed by atoms with Gasteiger partial charge in [0.25, 0.3) is 5.91 Å². The van der Waals surface area contributed by atoms with E-state index in [0.29, 0.717) is 6.61 Å². The number of nitrogens with one attached hydrogen (secondary N) is 2. The Balaban J connectivity index is 1.69. The lowest BCUT2D eigenvalue weighted by Gasteiger charge is -2.36. The maximum atomic E-state index is 12.8. The van der Waals surface area contributed by atoms with Gasteiger partial charge in [-0.2, -0.15) is 5.10 Å². The maximum Gasteiger partial charge on any atom is 0.258 e. The topological polar surface area (TPSA) is 70.2 Å². The molecule has 0 bridgehead atoms. The Kier molecular flexibility index (Phi) is 5.64. The number of amides is 1. The number of hydrogen-bond acceptors (Lipinski definition) is 5. The van der Waals surface area contributed by atoms with Crippen LogP contribution in [-0.4, -0.2) is 34.8 Å². The number of ether oxygens (including phenoxy) is 1. The zero-order chi connectivity index (χ0) is 21.3. The van der Waals surface area contributed by atoms with Crippen molar-refractivity contribution in [1.82, 2.24) is 15.5 Å². The van der Waals surface area contributed by atoms with Crippen LogP contribution in [0.15, 0.2) is 52.2 Å². The Bertz CT molecular complexity index is 1010. The lowest BCUT2D eigenvalue weighted by atomic mass is 9.92. The highest BCUT2D eigenvalue weighted by molar-refractivity contribution is 8.07. The van der Waals surface area contributed by atoms with E-state index in [-0.39, 0.29) is 11.4 Å². The van der Waals surface area contributed by atoms with Gasteiger partial charge in [0.15, 0.2) is 0 Å². The van der Waals surface area contributed by atoms with Crippen LogP contribution in [0.25, 0.3) is 11.1 Å². The first-order valence-corrected chi connectivity index (χ1v) is 11.1. The van der Waals surface area contributed by atoms with E-state index in [0.717, 1.165) is 57.5 Å². The van der Waals surface area contributed by atoms with E-state index in [1.165, 1.54) is 0 Å². The van der Waals surface area contributed by atoms with Crippen molar-refractivity contribution < 1.29 is 9.53 Å². The summed E-state index contributed by atoms with van der Waals surface area (Å²) in [5.41, 5.74) is 4.06. The number of carbonyl (C=O) groups excluding carboxylic acids is 1. The molecule has 2 aromatic rings. The summed E-state index contributed by atoms with van der Waals surface area (Å²) < 4.78 is 5.92. The standard InChI is InChI=1S/C23H28N4O2S/c1-5-6-20(30-21-15(2)12-23(3,4)26-22(21)28)27-9-10-29-19-8-7-16(11-18(19)27)17-13-24-25-14-17/h6-8,11,13-14H,5,9-10,12H2,1-4H3,(H,24,25)(H,26,28)/b20-6+. The lowest BCUT2D eigenvalue weighted by Crippen LogP contribution is -2.47. The van der Waals surface area contributed by atoms with Crippen LogP contribution in [0.5, 0.6) is 5.75 Å². The Labute approximate surface area is 181 Å². The molecule has 0 atom stereocenters. The first-order valence-electron chi connectivity index (χ1n) is 10.3. The van der Waals surface area contributed by atoms with Crippen LogP contribution in [0.2, 0.25) is 0 Å². The highest BCUT2D eigenvalue weighted by atomic mass is 32.2. The average Bonchev–Trinajstić information content (AvgIpc) is 3.23. The van der Waals surface area contributed by atoms with Gasteiger partial charge in [-0.3, -0.25) is 9.89 Å². The second-order valence-corrected chi connectivity index (χ2v) is 9.38. The van der Waals surface area contributed by atoms with E-state index in [2.05, 4.69) is 60.3 Å². The van der Waals surface area contributed by atoms with Gasteiger partial charge in [0.1, 0.15) is 12.4 Å². The molecule has 6 nitrogen and oxygen atoms in total. The highest BCUT2D eigenvalue weighted by Gasteiger charge is 2.32. The molecule has 2 aliphatic rings. The zero-order valence-electron chi connectivity index (χ0n) is 17.9. The molecule has 0 unspecified atom stereocenters. The van der Waals surface area contributed by atoms with Crippen LogP contribution < -0.4 is 15.0 Å².